The minimum absolute atomic E-state index is 0.00231. The lowest BCUT2D eigenvalue weighted by Gasteiger charge is -2.24. The number of amidine groups is 1. The molecule has 4 nitrogen and oxygen atoms in total. The molecule has 1 rings (SSSR count). The fraction of sp³-hybridized carbons (Fsp3) is 0.750. The standard InChI is InChI=1S/C8H15N3O/c1-4-5(2)6-7(9)10-8(12)11(6)3/h5-6H,4H2,1-3H3,(H2,9,10,12). The van der Waals surface area contributed by atoms with Gasteiger partial charge in [-0.2, -0.15) is 4.99 Å². The van der Waals surface area contributed by atoms with Crippen LogP contribution in [0, 0.1) is 5.92 Å². The van der Waals surface area contributed by atoms with Gasteiger partial charge in [0.25, 0.3) is 0 Å². The van der Waals surface area contributed by atoms with Crippen LogP contribution < -0.4 is 5.73 Å². The first-order chi connectivity index (χ1) is 5.57. The van der Waals surface area contributed by atoms with Crippen LogP contribution in [0.5, 0.6) is 0 Å². The highest BCUT2D eigenvalue weighted by molar-refractivity contribution is 6.02. The van der Waals surface area contributed by atoms with Gasteiger partial charge in [0.05, 0.1) is 6.04 Å². The highest BCUT2D eigenvalue weighted by atomic mass is 16.2. The molecule has 0 aromatic carbocycles. The van der Waals surface area contributed by atoms with Crippen LogP contribution >= 0.6 is 0 Å². The number of rotatable bonds is 2. The van der Waals surface area contributed by atoms with Crippen molar-refractivity contribution in [1.82, 2.24) is 4.90 Å². The molecule has 0 aromatic rings. The van der Waals surface area contributed by atoms with E-state index < -0.39 is 0 Å². The second-order valence-corrected chi connectivity index (χ2v) is 3.26. The molecule has 0 fully saturated rings. The molecule has 0 aromatic heterocycles. The molecule has 4 heteroatoms. The van der Waals surface area contributed by atoms with Gasteiger partial charge in [-0.05, 0) is 5.92 Å². The lowest BCUT2D eigenvalue weighted by Crippen LogP contribution is -2.42. The lowest BCUT2D eigenvalue weighted by atomic mass is 9.98. The van der Waals surface area contributed by atoms with Gasteiger partial charge in [-0.25, -0.2) is 4.79 Å². The number of amides is 2. The SMILES string of the molecule is CCC(C)C1C(N)=NC(=O)N1C. The molecule has 0 radical (unpaired) electrons. The van der Waals surface area contributed by atoms with Crippen molar-refractivity contribution >= 4 is 11.9 Å². The second-order valence-electron chi connectivity index (χ2n) is 3.26. The summed E-state index contributed by atoms with van der Waals surface area (Å²) in [6.45, 7) is 4.15. The van der Waals surface area contributed by atoms with Crippen LogP contribution in [0.3, 0.4) is 0 Å². The van der Waals surface area contributed by atoms with Crippen molar-refractivity contribution in [2.24, 2.45) is 16.6 Å². The number of hydrogen-bond donors (Lipinski definition) is 1. The van der Waals surface area contributed by atoms with Crippen LogP contribution in [0.2, 0.25) is 0 Å². The van der Waals surface area contributed by atoms with E-state index in [1.165, 1.54) is 0 Å². The van der Waals surface area contributed by atoms with Gasteiger partial charge in [0.1, 0.15) is 5.84 Å². The van der Waals surface area contributed by atoms with Crippen molar-refractivity contribution in [3.05, 3.63) is 0 Å². The van der Waals surface area contributed by atoms with E-state index in [0.29, 0.717) is 11.8 Å². The van der Waals surface area contributed by atoms with Crippen molar-refractivity contribution in [3.63, 3.8) is 0 Å². The van der Waals surface area contributed by atoms with Gasteiger partial charge in [0.2, 0.25) is 0 Å². The third-order valence-corrected chi connectivity index (χ3v) is 2.43. The molecule has 12 heavy (non-hydrogen) atoms. The maximum Gasteiger partial charge on any atom is 0.345 e. The Balaban J connectivity index is 2.78. The van der Waals surface area contributed by atoms with E-state index in [1.54, 1.807) is 11.9 Å². The summed E-state index contributed by atoms with van der Waals surface area (Å²) in [5.41, 5.74) is 5.62. The van der Waals surface area contributed by atoms with Crippen LogP contribution in [0.4, 0.5) is 4.79 Å². The third kappa shape index (κ3) is 1.29. The molecule has 1 aliphatic heterocycles. The summed E-state index contributed by atoms with van der Waals surface area (Å²) in [7, 11) is 1.74. The van der Waals surface area contributed by atoms with Crippen molar-refractivity contribution in [2.75, 3.05) is 7.05 Å². The monoisotopic (exact) mass is 169 g/mol. The summed E-state index contributed by atoms with van der Waals surface area (Å²) >= 11 is 0. The summed E-state index contributed by atoms with van der Waals surface area (Å²) in [5.74, 6) is 0.835. The van der Waals surface area contributed by atoms with E-state index in [1.807, 2.05) is 0 Å². The Bertz CT molecular complexity index is 224. The Hall–Kier alpha value is -1.06. The Morgan fingerprint density at radius 1 is 1.75 bits per heavy atom. The number of hydrogen-bond acceptors (Lipinski definition) is 2. The third-order valence-electron chi connectivity index (χ3n) is 2.43. The molecule has 1 aliphatic rings. The minimum Gasteiger partial charge on any atom is -0.385 e. The average Bonchev–Trinajstić information content (AvgIpc) is 2.26. The molecular formula is C8H15N3O. The number of nitrogens with two attached hydrogens (primary N) is 1. The van der Waals surface area contributed by atoms with E-state index in [2.05, 4.69) is 18.8 Å². The second kappa shape index (κ2) is 3.13. The largest absolute Gasteiger partial charge is 0.385 e. The van der Waals surface area contributed by atoms with Gasteiger partial charge in [-0.3, -0.25) is 0 Å². The van der Waals surface area contributed by atoms with E-state index in [-0.39, 0.29) is 12.1 Å². The fourth-order valence-corrected chi connectivity index (χ4v) is 1.47. The first-order valence-corrected chi connectivity index (χ1v) is 4.18. The quantitative estimate of drug-likeness (QED) is 0.665. The molecule has 0 saturated carbocycles. The zero-order valence-corrected chi connectivity index (χ0v) is 7.74. The molecule has 68 valence electrons. The van der Waals surface area contributed by atoms with Crippen LogP contribution in [0.15, 0.2) is 4.99 Å². The molecule has 2 unspecified atom stereocenters. The van der Waals surface area contributed by atoms with E-state index >= 15 is 0 Å². The smallest absolute Gasteiger partial charge is 0.345 e. The van der Waals surface area contributed by atoms with Crippen molar-refractivity contribution in [3.8, 4) is 0 Å². The Labute approximate surface area is 72.4 Å². The number of likely N-dealkylation sites (N-methyl/N-ethyl adjacent to an activating group) is 1. The summed E-state index contributed by atoms with van der Waals surface area (Å²) < 4.78 is 0. The zero-order chi connectivity index (χ0) is 9.30. The topological polar surface area (TPSA) is 58.7 Å². The number of urea groups is 1. The number of carbonyl (C=O) groups excluding carboxylic acids is 1. The number of carbonyl (C=O) groups is 1. The van der Waals surface area contributed by atoms with Crippen LogP contribution in [0.25, 0.3) is 0 Å². The molecule has 0 bridgehead atoms. The molecule has 0 aliphatic carbocycles. The summed E-state index contributed by atoms with van der Waals surface area (Å²) in [6, 6.07) is -0.222. The predicted octanol–water partition coefficient (Wildman–Crippen LogP) is 0.824. The van der Waals surface area contributed by atoms with Gasteiger partial charge in [0, 0.05) is 7.05 Å². The first-order valence-electron chi connectivity index (χ1n) is 4.18. The average molecular weight is 169 g/mol. The first kappa shape index (κ1) is 9.03. The lowest BCUT2D eigenvalue weighted by molar-refractivity contribution is 0.207. The van der Waals surface area contributed by atoms with Crippen molar-refractivity contribution < 1.29 is 4.79 Å². The fourth-order valence-electron chi connectivity index (χ4n) is 1.47. The van der Waals surface area contributed by atoms with Gasteiger partial charge < -0.3 is 10.6 Å². The summed E-state index contributed by atoms with van der Waals surface area (Å²) in [6.07, 6.45) is 0.999. The maximum absolute atomic E-state index is 11.1. The van der Waals surface area contributed by atoms with Gasteiger partial charge in [0.15, 0.2) is 0 Å². The minimum atomic E-state index is -0.224. The Morgan fingerprint density at radius 3 is 2.67 bits per heavy atom. The Morgan fingerprint density at radius 2 is 2.33 bits per heavy atom. The van der Waals surface area contributed by atoms with Gasteiger partial charge in [-0.1, -0.05) is 20.3 Å². The van der Waals surface area contributed by atoms with Crippen molar-refractivity contribution in [2.45, 2.75) is 26.3 Å². The molecule has 0 spiro atoms. The molecule has 0 saturated heterocycles. The predicted molar refractivity (Wildman–Crippen MR) is 48.0 cm³/mol. The van der Waals surface area contributed by atoms with Crippen LogP contribution in [-0.4, -0.2) is 29.9 Å². The van der Waals surface area contributed by atoms with E-state index in [0.717, 1.165) is 6.42 Å². The molecular weight excluding hydrogens is 154 g/mol. The van der Waals surface area contributed by atoms with E-state index in [4.69, 9.17) is 5.73 Å². The van der Waals surface area contributed by atoms with Crippen LogP contribution in [0.1, 0.15) is 20.3 Å². The number of aliphatic imine (C=N–C) groups is 1. The zero-order valence-electron chi connectivity index (χ0n) is 7.74. The summed E-state index contributed by atoms with van der Waals surface area (Å²) in [5, 5.41) is 0. The molecule has 2 N–H and O–H groups in total. The van der Waals surface area contributed by atoms with Crippen LogP contribution in [-0.2, 0) is 0 Å². The highest BCUT2D eigenvalue weighted by Crippen LogP contribution is 2.18. The summed E-state index contributed by atoms with van der Waals surface area (Å²) in [4.78, 5) is 16.4. The maximum atomic E-state index is 11.1. The number of nitrogens with zero attached hydrogens (tertiary/aromatic N) is 2. The van der Waals surface area contributed by atoms with Gasteiger partial charge in [-0.15, -0.1) is 0 Å². The molecule has 2 atom stereocenters. The Kier molecular flexibility index (Phi) is 2.35. The normalized spacial score (nSPS) is 25.9. The molecule has 1 heterocycles. The molecule has 2 amide bonds. The van der Waals surface area contributed by atoms with Gasteiger partial charge >= 0.3 is 6.03 Å². The van der Waals surface area contributed by atoms with Crippen molar-refractivity contribution in [1.29, 1.82) is 0 Å². The highest BCUT2D eigenvalue weighted by Gasteiger charge is 2.33. The van der Waals surface area contributed by atoms with E-state index in [9.17, 15) is 4.79 Å².